The predicted molar refractivity (Wildman–Crippen MR) is 128 cm³/mol. The number of pyridine rings is 1. The molecule has 2 aliphatic heterocycles. The minimum absolute atomic E-state index is 0.316. The number of morpholine rings is 1. The average molecular weight is 448 g/mol. The molecule has 0 saturated carbocycles. The number of carbonyl (C=O) groups is 1. The molecule has 9 nitrogen and oxygen atoms in total. The van der Waals surface area contributed by atoms with E-state index < -0.39 is 0 Å². The van der Waals surface area contributed by atoms with E-state index in [1.807, 2.05) is 6.07 Å². The topological polar surface area (TPSA) is 110 Å². The predicted octanol–water partition coefficient (Wildman–Crippen LogP) is 2.73. The van der Waals surface area contributed by atoms with Gasteiger partial charge in [-0.2, -0.15) is 0 Å². The largest absolute Gasteiger partial charge is 0.378 e. The van der Waals surface area contributed by atoms with Crippen molar-refractivity contribution in [2.24, 2.45) is 11.7 Å². The third kappa shape index (κ3) is 4.83. The first-order valence-electron chi connectivity index (χ1n) is 11.5. The van der Waals surface area contributed by atoms with Gasteiger partial charge in [-0.3, -0.25) is 4.98 Å². The number of benzene rings is 1. The number of fused-ring (bicyclic) bond motifs is 1. The summed E-state index contributed by atoms with van der Waals surface area (Å²) in [7, 11) is 0. The molecule has 5 rings (SSSR count). The zero-order chi connectivity index (χ0) is 22.6. The van der Waals surface area contributed by atoms with Crippen LogP contribution in [-0.2, 0) is 4.74 Å². The van der Waals surface area contributed by atoms with E-state index in [1.54, 1.807) is 17.3 Å². The molecule has 0 spiro atoms. The number of amides is 2. The van der Waals surface area contributed by atoms with Gasteiger partial charge in [-0.25, -0.2) is 14.8 Å². The first kappa shape index (κ1) is 21.4. The van der Waals surface area contributed by atoms with Crippen molar-refractivity contribution in [2.75, 3.05) is 56.2 Å². The number of ether oxygens (including phenoxy) is 1. The summed E-state index contributed by atoms with van der Waals surface area (Å²) in [6.07, 6.45) is 5.38. The molecule has 1 aromatic carbocycles. The number of carbonyl (C=O) groups excluding carboxylic acids is 1. The van der Waals surface area contributed by atoms with Gasteiger partial charge >= 0.3 is 6.03 Å². The number of nitrogens with two attached hydrogens (primary N) is 1. The van der Waals surface area contributed by atoms with Gasteiger partial charge in [0.25, 0.3) is 0 Å². The first-order chi connectivity index (χ1) is 16.2. The molecule has 2 amide bonds. The summed E-state index contributed by atoms with van der Waals surface area (Å²) < 4.78 is 5.46. The maximum absolute atomic E-state index is 11.6. The molecule has 172 valence electrons. The smallest absolute Gasteiger partial charge is 0.314 e. The van der Waals surface area contributed by atoms with Crippen molar-refractivity contribution < 1.29 is 9.53 Å². The number of primary amides is 1. The molecule has 0 aliphatic carbocycles. The second kappa shape index (κ2) is 9.58. The molecule has 3 N–H and O–H groups in total. The summed E-state index contributed by atoms with van der Waals surface area (Å²) in [5.74, 6) is 1.03. The van der Waals surface area contributed by atoms with Crippen molar-refractivity contribution in [3.8, 4) is 11.3 Å². The quantitative estimate of drug-likeness (QED) is 0.619. The number of rotatable bonds is 5. The molecule has 3 aromatic rings. The number of urea groups is 1. The molecule has 0 radical (unpaired) electrons. The third-order valence-corrected chi connectivity index (χ3v) is 6.38. The molecule has 33 heavy (non-hydrogen) atoms. The summed E-state index contributed by atoms with van der Waals surface area (Å²) in [6, 6.07) is 10.1. The van der Waals surface area contributed by atoms with Crippen molar-refractivity contribution in [3.05, 3.63) is 42.7 Å². The molecular weight excluding hydrogens is 418 g/mol. The van der Waals surface area contributed by atoms with E-state index >= 15 is 0 Å². The van der Waals surface area contributed by atoms with Gasteiger partial charge in [0.2, 0.25) is 0 Å². The van der Waals surface area contributed by atoms with E-state index in [-0.39, 0.29) is 6.03 Å². The van der Waals surface area contributed by atoms with Gasteiger partial charge in [0, 0.05) is 56.4 Å². The standard InChI is InChI=1S/C24H29N7O2/c25-24(32)31-9-1-2-17(16-31)15-28-23-22-21(26-7-8-27-22)14-20(29-23)18-3-5-19(6-4-18)30-10-12-33-13-11-30/h3-8,14,17H,1-2,9-13,15-16H2,(H2,25,32)(H,28,29). The number of hydrogen-bond donors (Lipinski definition) is 2. The Morgan fingerprint density at radius 2 is 1.91 bits per heavy atom. The Bertz CT molecular complexity index is 1120. The molecule has 2 aliphatic rings. The van der Waals surface area contributed by atoms with Crippen LogP contribution in [0.4, 0.5) is 16.3 Å². The lowest BCUT2D eigenvalue weighted by atomic mass is 9.98. The molecular formula is C24H29N7O2. The highest BCUT2D eigenvalue weighted by molar-refractivity contribution is 5.88. The molecule has 0 bridgehead atoms. The van der Waals surface area contributed by atoms with Crippen molar-refractivity contribution in [1.29, 1.82) is 0 Å². The van der Waals surface area contributed by atoms with Gasteiger partial charge in [0.15, 0.2) is 5.82 Å². The van der Waals surface area contributed by atoms with Crippen molar-refractivity contribution >= 4 is 28.6 Å². The molecule has 4 heterocycles. The SMILES string of the molecule is NC(=O)N1CCCC(CNc2nc(-c3ccc(N4CCOCC4)cc3)cc3nccnc23)C1. The Hall–Kier alpha value is -3.46. The number of nitrogens with one attached hydrogen (secondary N) is 1. The summed E-state index contributed by atoms with van der Waals surface area (Å²) >= 11 is 0. The number of anilines is 2. The van der Waals surface area contributed by atoms with Crippen LogP contribution in [0.25, 0.3) is 22.3 Å². The first-order valence-corrected chi connectivity index (χ1v) is 11.5. The molecule has 2 saturated heterocycles. The molecule has 1 unspecified atom stereocenters. The van der Waals surface area contributed by atoms with Crippen molar-refractivity contribution in [2.45, 2.75) is 12.8 Å². The van der Waals surface area contributed by atoms with Gasteiger partial charge in [0.1, 0.15) is 5.52 Å². The summed E-state index contributed by atoms with van der Waals surface area (Å²) in [4.78, 5) is 29.5. The fraction of sp³-hybridized carbons (Fsp3) is 0.417. The lowest BCUT2D eigenvalue weighted by molar-refractivity contribution is 0.122. The van der Waals surface area contributed by atoms with Gasteiger partial charge in [-0.05, 0) is 37.0 Å². The van der Waals surface area contributed by atoms with E-state index in [0.717, 1.165) is 68.0 Å². The minimum atomic E-state index is -0.350. The second-order valence-corrected chi connectivity index (χ2v) is 8.60. The summed E-state index contributed by atoms with van der Waals surface area (Å²) in [5.41, 5.74) is 10.1. The zero-order valence-corrected chi connectivity index (χ0v) is 18.6. The van der Waals surface area contributed by atoms with Gasteiger partial charge < -0.3 is 25.6 Å². The Labute approximate surface area is 193 Å². The minimum Gasteiger partial charge on any atom is -0.378 e. The fourth-order valence-corrected chi connectivity index (χ4v) is 4.58. The van der Waals surface area contributed by atoms with Gasteiger partial charge in [-0.1, -0.05) is 12.1 Å². The van der Waals surface area contributed by atoms with Crippen LogP contribution in [0.2, 0.25) is 0 Å². The van der Waals surface area contributed by atoms with Crippen LogP contribution >= 0.6 is 0 Å². The Kier molecular flexibility index (Phi) is 6.21. The third-order valence-electron chi connectivity index (χ3n) is 6.38. The Morgan fingerprint density at radius 3 is 2.70 bits per heavy atom. The number of piperidine rings is 1. The van der Waals surface area contributed by atoms with E-state index in [4.69, 9.17) is 15.5 Å². The Morgan fingerprint density at radius 1 is 1.12 bits per heavy atom. The summed E-state index contributed by atoms with van der Waals surface area (Å²) in [6.45, 7) is 5.43. The molecule has 9 heteroatoms. The van der Waals surface area contributed by atoms with Crippen molar-refractivity contribution in [1.82, 2.24) is 19.9 Å². The molecule has 2 aromatic heterocycles. The van der Waals surface area contributed by atoms with Crippen LogP contribution in [0, 0.1) is 5.92 Å². The van der Waals surface area contributed by atoms with E-state index in [1.165, 1.54) is 5.69 Å². The lowest BCUT2D eigenvalue weighted by Crippen LogP contribution is -2.44. The van der Waals surface area contributed by atoms with E-state index in [2.05, 4.69) is 44.5 Å². The normalized spacial score (nSPS) is 19.0. The monoisotopic (exact) mass is 447 g/mol. The molecule has 2 fully saturated rings. The van der Waals surface area contributed by atoms with Gasteiger partial charge in [0.05, 0.1) is 24.4 Å². The number of hydrogen-bond acceptors (Lipinski definition) is 7. The van der Waals surface area contributed by atoms with E-state index in [0.29, 0.717) is 24.8 Å². The summed E-state index contributed by atoms with van der Waals surface area (Å²) in [5, 5.41) is 3.48. The highest BCUT2D eigenvalue weighted by Gasteiger charge is 2.22. The Balaban J connectivity index is 1.37. The second-order valence-electron chi connectivity index (χ2n) is 8.60. The lowest BCUT2D eigenvalue weighted by Gasteiger charge is -2.31. The van der Waals surface area contributed by atoms with Gasteiger partial charge in [-0.15, -0.1) is 0 Å². The van der Waals surface area contributed by atoms with Crippen molar-refractivity contribution in [3.63, 3.8) is 0 Å². The highest BCUT2D eigenvalue weighted by atomic mass is 16.5. The van der Waals surface area contributed by atoms with Crippen LogP contribution in [0.15, 0.2) is 42.7 Å². The highest BCUT2D eigenvalue weighted by Crippen LogP contribution is 2.28. The fourth-order valence-electron chi connectivity index (χ4n) is 4.58. The van der Waals surface area contributed by atoms with Crippen LogP contribution < -0.4 is 16.0 Å². The molecule has 1 atom stereocenters. The van der Waals surface area contributed by atoms with Crippen LogP contribution in [0.5, 0.6) is 0 Å². The number of nitrogens with zero attached hydrogens (tertiary/aromatic N) is 5. The maximum atomic E-state index is 11.6. The maximum Gasteiger partial charge on any atom is 0.314 e. The van der Waals surface area contributed by atoms with Crippen LogP contribution in [0.1, 0.15) is 12.8 Å². The number of aromatic nitrogens is 3. The van der Waals surface area contributed by atoms with Crippen LogP contribution in [0.3, 0.4) is 0 Å². The number of likely N-dealkylation sites (tertiary alicyclic amines) is 1. The van der Waals surface area contributed by atoms with E-state index in [9.17, 15) is 4.79 Å². The van der Waals surface area contributed by atoms with Crippen LogP contribution in [-0.4, -0.2) is 71.8 Å². The average Bonchev–Trinajstić information content (AvgIpc) is 2.88. The zero-order valence-electron chi connectivity index (χ0n) is 18.6.